The first-order chi connectivity index (χ1) is 9.74. The van der Waals surface area contributed by atoms with Crippen molar-refractivity contribution in [2.24, 2.45) is 0 Å². The first kappa shape index (κ1) is 12.7. The van der Waals surface area contributed by atoms with Gasteiger partial charge in [-0.25, -0.2) is 0 Å². The van der Waals surface area contributed by atoms with Gasteiger partial charge < -0.3 is 10.2 Å². The molecule has 0 saturated heterocycles. The summed E-state index contributed by atoms with van der Waals surface area (Å²) in [5.41, 5.74) is 4.01. The number of amides is 1. The van der Waals surface area contributed by atoms with Gasteiger partial charge in [-0.1, -0.05) is 6.07 Å². The Balaban J connectivity index is 1.75. The van der Waals surface area contributed by atoms with E-state index in [4.69, 9.17) is 0 Å². The molecule has 0 spiro atoms. The number of nitrogens with one attached hydrogen (secondary N) is 1. The highest BCUT2D eigenvalue weighted by molar-refractivity contribution is 5.94. The van der Waals surface area contributed by atoms with Crippen LogP contribution in [0.1, 0.15) is 21.6 Å². The summed E-state index contributed by atoms with van der Waals surface area (Å²) in [6.07, 6.45) is 2.73. The summed E-state index contributed by atoms with van der Waals surface area (Å²) in [6, 6.07) is 11.6. The van der Waals surface area contributed by atoms with Crippen molar-refractivity contribution in [3.8, 4) is 0 Å². The summed E-state index contributed by atoms with van der Waals surface area (Å²) in [4.78, 5) is 18.4. The molecule has 1 aromatic carbocycles. The smallest absolute Gasteiger partial charge is 0.253 e. The van der Waals surface area contributed by atoms with Crippen LogP contribution in [0.15, 0.2) is 42.6 Å². The summed E-state index contributed by atoms with van der Waals surface area (Å²) in [5.74, 6) is 0.0327. The molecule has 0 unspecified atom stereocenters. The van der Waals surface area contributed by atoms with E-state index in [2.05, 4.69) is 10.3 Å². The molecule has 1 aromatic heterocycles. The lowest BCUT2D eigenvalue weighted by Gasteiger charge is -2.17. The number of hydrogen-bond acceptors (Lipinski definition) is 3. The van der Waals surface area contributed by atoms with Crippen LogP contribution in [0.25, 0.3) is 0 Å². The van der Waals surface area contributed by atoms with E-state index >= 15 is 0 Å². The third kappa shape index (κ3) is 2.50. The lowest BCUT2D eigenvalue weighted by Crippen LogP contribution is -2.26. The highest BCUT2D eigenvalue weighted by atomic mass is 16.2. The van der Waals surface area contributed by atoms with Crippen molar-refractivity contribution in [1.29, 1.82) is 0 Å². The minimum Gasteiger partial charge on any atom is -0.384 e. The maximum Gasteiger partial charge on any atom is 0.253 e. The molecule has 0 radical (unpaired) electrons. The van der Waals surface area contributed by atoms with Gasteiger partial charge in [-0.2, -0.15) is 0 Å². The van der Waals surface area contributed by atoms with Crippen molar-refractivity contribution >= 4 is 11.6 Å². The van der Waals surface area contributed by atoms with Crippen LogP contribution in [0.4, 0.5) is 5.69 Å². The molecule has 1 N–H and O–H groups in total. The number of rotatable bonds is 3. The molecule has 0 fully saturated rings. The van der Waals surface area contributed by atoms with Gasteiger partial charge in [0.25, 0.3) is 5.91 Å². The summed E-state index contributed by atoms with van der Waals surface area (Å²) < 4.78 is 0. The molecule has 0 saturated carbocycles. The second-order valence-corrected chi connectivity index (χ2v) is 5.03. The van der Waals surface area contributed by atoms with E-state index < -0.39 is 0 Å². The fourth-order valence-electron chi connectivity index (χ4n) is 2.46. The van der Waals surface area contributed by atoms with Crippen LogP contribution in [0.3, 0.4) is 0 Å². The minimum absolute atomic E-state index is 0.0327. The largest absolute Gasteiger partial charge is 0.384 e. The highest BCUT2D eigenvalue weighted by Crippen LogP contribution is 2.23. The number of aromatic nitrogens is 1. The van der Waals surface area contributed by atoms with Crippen molar-refractivity contribution in [2.45, 2.75) is 13.0 Å². The Morgan fingerprint density at radius 1 is 1.35 bits per heavy atom. The van der Waals surface area contributed by atoms with E-state index in [1.165, 1.54) is 5.56 Å². The summed E-state index contributed by atoms with van der Waals surface area (Å²) in [7, 11) is 1.81. The number of pyridine rings is 1. The molecule has 2 heterocycles. The number of benzene rings is 1. The zero-order valence-corrected chi connectivity index (χ0v) is 11.5. The highest BCUT2D eigenvalue weighted by Gasteiger charge is 2.16. The lowest BCUT2D eigenvalue weighted by molar-refractivity contribution is 0.0783. The predicted molar refractivity (Wildman–Crippen MR) is 78.7 cm³/mol. The first-order valence-electron chi connectivity index (χ1n) is 6.76. The van der Waals surface area contributed by atoms with Gasteiger partial charge in [0.1, 0.15) is 0 Å². The lowest BCUT2D eigenvalue weighted by atomic mass is 10.1. The molecule has 1 aliphatic rings. The minimum atomic E-state index is 0.0327. The van der Waals surface area contributed by atoms with Crippen molar-refractivity contribution in [3.05, 3.63) is 59.4 Å². The molecular weight excluding hydrogens is 250 g/mol. The van der Waals surface area contributed by atoms with Crippen LogP contribution in [0.2, 0.25) is 0 Å². The Kier molecular flexibility index (Phi) is 3.37. The van der Waals surface area contributed by atoms with E-state index in [1.54, 1.807) is 11.1 Å². The number of anilines is 1. The second-order valence-electron chi connectivity index (χ2n) is 5.03. The topological polar surface area (TPSA) is 45.2 Å². The molecule has 3 rings (SSSR count). The van der Waals surface area contributed by atoms with Gasteiger partial charge in [-0.15, -0.1) is 0 Å². The zero-order valence-electron chi connectivity index (χ0n) is 11.5. The van der Waals surface area contributed by atoms with Gasteiger partial charge in [-0.3, -0.25) is 9.78 Å². The molecular formula is C16H17N3O. The number of nitrogens with zero attached hydrogens (tertiary/aromatic N) is 2. The van der Waals surface area contributed by atoms with Crippen LogP contribution >= 0.6 is 0 Å². The molecule has 4 heteroatoms. The molecule has 20 heavy (non-hydrogen) atoms. The quantitative estimate of drug-likeness (QED) is 0.928. The molecule has 102 valence electrons. The van der Waals surface area contributed by atoms with Gasteiger partial charge in [0.15, 0.2) is 0 Å². The van der Waals surface area contributed by atoms with Gasteiger partial charge in [0, 0.05) is 31.0 Å². The Bertz CT molecular complexity index is 625. The number of carbonyl (C=O) groups is 1. The maximum absolute atomic E-state index is 12.4. The van der Waals surface area contributed by atoms with Crippen molar-refractivity contribution in [3.63, 3.8) is 0 Å². The van der Waals surface area contributed by atoms with Gasteiger partial charge in [0.2, 0.25) is 0 Å². The standard InChI is InChI=1S/C16H17N3O/c1-19(11-14-4-2-3-8-17-14)16(20)13-5-6-15-12(10-13)7-9-18-15/h2-6,8,10,18H,7,9,11H2,1H3. The van der Waals surface area contributed by atoms with Crippen molar-refractivity contribution in [1.82, 2.24) is 9.88 Å². The Hall–Kier alpha value is -2.36. The molecule has 0 atom stereocenters. The van der Waals surface area contributed by atoms with Crippen LogP contribution in [-0.2, 0) is 13.0 Å². The van der Waals surface area contributed by atoms with Crippen LogP contribution < -0.4 is 5.32 Å². The van der Waals surface area contributed by atoms with Gasteiger partial charge in [0.05, 0.1) is 12.2 Å². The van der Waals surface area contributed by atoms with Crippen LogP contribution in [0, 0.1) is 0 Å². The van der Waals surface area contributed by atoms with E-state index in [0.717, 1.165) is 29.9 Å². The monoisotopic (exact) mass is 267 g/mol. The van der Waals surface area contributed by atoms with E-state index in [-0.39, 0.29) is 5.91 Å². The second kappa shape index (κ2) is 5.33. The average Bonchev–Trinajstić information content (AvgIpc) is 2.94. The van der Waals surface area contributed by atoms with Crippen LogP contribution in [0.5, 0.6) is 0 Å². The van der Waals surface area contributed by atoms with Crippen LogP contribution in [-0.4, -0.2) is 29.4 Å². The molecule has 1 aliphatic heterocycles. The fourth-order valence-corrected chi connectivity index (χ4v) is 2.46. The molecule has 1 amide bonds. The fraction of sp³-hybridized carbons (Fsp3) is 0.250. The predicted octanol–water partition coefficient (Wildman–Crippen LogP) is 2.32. The number of hydrogen-bond donors (Lipinski definition) is 1. The Morgan fingerprint density at radius 2 is 2.25 bits per heavy atom. The van der Waals surface area contributed by atoms with E-state index in [0.29, 0.717) is 6.54 Å². The molecule has 4 nitrogen and oxygen atoms in total. The third-order valence-corrected chi connectivity index (χ3v) is 3.53. The summed E-state index contributed by atoms with van der Waals surface area (Å²) >= 11 is 0. The molecule has 0 aliphatic carbocycles. The molecule has 2 aromatic rings. The number of fused-ring (bicyclic) bond motifs is 1. The number of carbonyl (C=O) groups excluding carboxylic acids is 1. The maximum atomic E-state index is 12.4. The Labute approximate surface area is 118 Å². The van der Waals surface area contributed by atoms with Gasteiger partial charge >= 0.3 is 0 Å². The van der Waals surface area contributed by atoms with Gasteiger partial charge in [-0.05, 0) is 42.3 Å². The average molecular weight is 267 g/mol. The summed E-state index contributed by atoms with van der Waals surface area (Å²) in [6.45, 7) is 1.48. The normalized spacial score (nSPS) is 12.7. The zero-order chi connectivity index (χ0) is 13.9. The van der Waals surface area contributed by atoms with Crippen molar-refractivity contribution in [2.75, 3.05) is 18.9 Å². The van der Waals surface area contributed by atoms with E-state index in [9.17, 15) is 4.79 Å². The molecule has 0 bridgehead atoms. The Morgan fingerprint density at radius 3 is 3.05 bits per heavy atom. The van der Waals surface area contributed by atoms with E-state index in [1.807, 2.05) is 43.4 Å². The van der Waals surface area contributed by atoms with Crippen molar-refractivity contribution < 1.29 is 4.79 Å². The SMILES string of the molecule is CN(Cc1ccccn1)C(=O)c1ccc2c(c1)CCN2. The third-order valence-electron chi connectivity index (χ3n) is 3.53. The first-order valence-corrected chi connectivity index (χ1v) is 6.76. The summed E-state index contributed by atoms with van der Waals surface area (Å²) in [5, 5.41) is 3.30.